The number of nitrogens with zero attached hydrogens (tertiary/aromatic N) is 2. The maximum Gasteiger partial charge on any atom is 0.308 e. The number of aromatic nitrogens is 1. The molecule has 1 unspecified atom stereocenters. The molecule has 1 saturated heterocycles. The number of thiazole rings is 1. The van der Waals surface area contributed by atoms with E-state index in [4.69, 9.17) is 5.11 Å². The van der Waals surface area contributed by atoms with Gasteiger partial charge in [-0.05, 0) is 6.42 Å². The minimum Gasteiger partial charge on any atom is -0.481 e. The van der Waals surface area contributed by atoms with Crippen molar-refractivity contribution >= 4 is 34.3 Å². The monoisotopic (exact) mass is 325 g/mol. The molecule has 8 heteroatoms. The number of carboxylic acid groups (broad SMARTS) is 1. The minimum absolute atomic E-state index is 0.115. The van der Waals surface area contributed by atoms with Gasteiger partial charge in [-0.3, -0.25) is 14.4 Å². The normalized spacial score (nSPS) is 17.8. The van der Waals surface area contributed by atoms with Crippen molar-refractivity contribution < 1.29 is 19.5 Å². The molecule has 2 amide bonds. The molecule has 2 heterocycles. The van der Waals surface area contributed by atoms with E-state index < -0.39 is 11.9 Å². The predicted molar refractivity (Wildman–Crippen MR) is 81.6 cm³/mol. The predicted octanol–water partition coefficient (Wildman–Crippen LogP) is 1.21. The van der Waals surface area contributed by atoms with Gasteiger partial charge in [-0.1, -0.05) is 13.8 Å². The van der Waals surface area contributed by atoms with Crippen LogP contribution >= 0.6 is 11.3 Å². The molecular formula is C14H19N3O4S. The van der Waals surface area contributed by atoms with E-state index in [0.717, 1.165) is 0 Å². The maximum absolute atomic E-state index is 12.1. The molecule has 1 aliphatic heterocycles. The standard InChI is InChI=1S/C14H19N3O4S/c1-8(2)12(19)16-14-15-10(7-22-14)5-11(18)17-4-3-9(6-17)13(20)21/h7-9H,3-6H2,1-2H3,(H,20,21)(H,15,16,19). The molecule has 0 radical (unpaired) electrons. The van der Waals surface area contributed by atoms with Crippen LogP contribution in [0.3, 0.4) is 0 Å². The average Bonchev–Trinajstić information content (AvgIpc) is 3.07. The molecule has 7 nitrogen and oxygen atoms in total. The Labute approximate surface area is 132 Å². The summed E-state index contributed by atoms with van der Waals surface area (Å²) in [5.41, 5.74) is 0.591. The zero-order valence-corrected chi connectivity index (χ0v) is 13.4. The van der Waals surface area contributed by atoms with Crippen molar-refractivity contribution in [3.8, 4) is 0 Å². The third-order valence-corrected chi connectivity index (χ3v) is 4.34. The SMILES string of the molecule is CC(C)C(=O)Nc1nc(CC(=O)N2CCC(C(=O)O)C2)cs1. The van der Waals surface area contributed by atoms with Gasteiger partial charge in [-0.15, -0.1) is 11.3 Å². The van der Waals surface area contributed by atoms with Crippen molar-refractivity contribution in [2.24, 2.45) is 11.8 Å². The van der Waals surface area contributed by atoms with Gasteiger partial charge >= 0.3 is 5.97 Å². The second-order valence-corrected chi connectivity index (χ2v) is 6.49. The van der Waals surface area contributed by atoms with Crippen LogP contribution in [0.5, 0.6) is 0 Å². The van der Waals surface area contributed by atoms with Crippen LogP contribution in [-0.4, -0.2) is 45.9 Å². The summed E-state index contributed by atoms with van der Waals surface area (Å²) < 4.78 is 0. The molecule has 0 saturated carbocycles. The Morgan fingerprint density at radius 3 is 2.82 bits per heavy atom. The van der Waals surface area contributed by atoms with Gasteiger partial charge in [-0.2, -0.15) is 0 Å². The number of hydrogen-bond acceptors (Lipinski definition) is 5. The van der Waals surface area contributed by atoms with Gasteiger partial charge in [0.2, 0.25) is 11.8 Å². The Balaban J connectivity index is 1.89. The molecule has 0 aliphatic carbocycles. The average molecular weight is 325 g/mol. The molecule has 120 valence electrons. The highest BCUT2D eigenvalue weighted by Crippen LogP contribution is 2.20. The number of amides is 2. The summed E-state index contributed by atoms with van der Waals surface area (Å²) in [6.45, 7) is 4.31. The highest BCUT2D eigenvalue weighted by Gasteiger charge is 2.30. The first-order valence-corrected chi connectivity index (χ1v) is 8.00. The number of aliphatic carboxylic acids is 1. The Hall–Kier alpha value is -1.96. The first kappa shape index (κ1) is 16.4. The highest BCUT2D eigenvalue weighted by molar-refractivity contribution is 7.13. The molecular weight excluding hydrogens is 306 g/mol. The van der Waals surface area contributed by atoms with Crippen molar-refractivity contribution in [1.29, 1.82) is 0 Å². The molecule has 1 fully saturated rings. The zero-order valence-electron chi connectivity index (χ0n) is 12.5. The van der Waals surface area contributed by atoms with Crippen molar-refractivity contribution in [1.82, 2.24) is 9.88 Å². The van der Waals surface area contributed by atoms with Crippen molar-refractivity contribution in [2.45, 2.75) is 26.7 Å². The third-order valence-electron chi connectivity index (χ3n) is 3.53. The molecule has 1 aromatic rings. The van der Waals surface area contributed by atoms with E-state index >= 15 is 0 Å². The van der Waals surface area contributed by atoms with Gasteiger partial charge in [0.25, 0.3) is 0 Å². The van der Waals surface area contributed by atoms with Crippen molar-refractivity contribution in [3.05, 3.63) is 11.1 Å². The fraction of sp³-hybridized carbons (Fsp3) is 0.571. The van der Waals surface area contributed by atoms with Crippen LogP contribution in [0.4, 0.5) is 5.13 Å². The van der Waals surface area contributed by atoms with Crippen LogP contribution in [0.15, 0.2) is 5.38 Å². The van der Waals surface area contributed by atoms with Crippen LogP contribution in [0.25, 0.3) is 0 Å². The molecule has 0 spiro atoms. The number of nitrogens with one attached hydrogen (secondary N) is 1. The van der Waals surface area contributed by atoms with E-state index in [1.807, 2.05) is 0 Å². The van der Waals surface area contributed by atoms with E-state index in [0.29, 0.717) is 23.8 Å². The maximum atomic E-state index is 12.1. The number of carboxylic acids is 1. The number of carbonyl (C=O) groups excluding carboxylic acids is 2. The molecule has 0 aromatic carbocycles. The van der Waals surface area contributed by atoms with Crippen molar-refractivity contribution in [2.75, 3.05) is 18.4 Å². The van der Waals surface area contributed by atoms with Gasteiger partial charge in [0, 0.05) is 24.4 Å². The summed E-state index contributed by atoms with van der Waals surface area (Å²) >= 11 is 1.28. The Morgan fingerprint density at radius 2 is 2.23 bits per heavy atom. The number of anilines is 1. The fourth-order valence-electron chi connectivity index (χ4n) is 2.15. The Kier molecular flexibility index (Phi) is 5.12. The smallest absolute Gasteiger partial charge is 0.308 e. The molecule has 0 bridgehead atoms. The van der Waals surface area contributed by atoms with E-state index in [1.54, 1.807) is 24.1 Å². The number of hydrogen-bond donors (Lipinski definition) is 2. The molecule has 22 heavy (non-hydrogen) atoms. The van der Waals surface area contributed by atoms with Crippen molar-refractivity contribution in [3.63, 3.8) is 0 Å². The quantitative estimate of drug-likeness (QED) is 0.848. The summed E-state index contributed by atoms with van der Waals surface area (Å²) in [4.78, 5) is 40.4. The Morgan fingerprint density at radius 1 is 1.50 bits per heavy atom. The van der Waals surface area contributed by atoms with Crippen LogP contribution in [0, 0.1) is 11.8 Å². The van der Waals surface area contributed by atoms with Crippen LogP contribution in [0.1, 0.15) is 26.0 Å². The molecule has 2 N–H and O–H groups in total. The summed E-state index contributed by atoms with van der Waals surface area (Å²) in [7, 11) is 0. The van der Waals surface area contributed by atoms with Gasteiger partial charge in [-0.25, -0.2) is 4.98 Å². The van der Waals surface area contributed by atoms with Crippen LogP contribution in [-0.2, 0) is 20.8 Å². The lowest BCUT2D eigenvalue weighted by Crippen LogP contribution is -2.31. The fourth-order valence-corrected chi connectivity index (χ4v) is 2.86. The number of likely N-dealkylation sites (tertiary alicyclic amines) is 1. The summed E-state index contributed by atoms with van der Waals surface area (Å²) in [6, 6.07) is 0. The first-order valence-electron chi connectivity index (χ1n) is 7.12. The van der Waals surface area contributed by atoms with Crippen LogP contribution < -0.4 is 5.32 Å². The van der Waals surface area contributed by atoms with E-state index in [-0.39, 0.29) is 30.7 Å². The first-order chi connectivity index (χ1) is 10.4. The van der Waals surface area contributed by atoms with Crippen LogP contribution in [0.2, 0.25) is 0 Å². The van der Waals surface area contributed by atoms with E-state index in [9.17, 15) is 14.4 Å². The lowest BCUT2D eigenvalue weighted by Gasteiger charge is -2.14. The van der Waals surface area contributed by atoms with E-state index in [1.165, 1.54) is 11.3 Å². The largest absolute Gasteiger partial charge is 0.481 e. The van der Waals surface area contributed by atoms with Gasteiger partial charge in [0.05, 0.1) is 18.0 Å². The molecule has 1 atom stereocenters. The summed E-state index contributed by atoms with van der Waals surface area (Å²) in [5, 5.41) is 13.9. The summed E-state index contributed by atoms with van der Waals surface area (Å²) in [6.07, 6.45) is 0.619. The highest BCUT2D eigenvalue weighted by atomic mass is 32.1. The summed E-state index contributed by atoms with van der Waals surface area (Å²) in [5.74, 6) is -1.71. The zero-order chi connectivity index (χ0) is 16.3. The van der Waals surface area contributed by atoms with Gasteiger partial charge in [0.15, 0.2) is 5.13 Å². The lowest BCUT2D eigenvalue weighted by atomic mass is 10.1. The van der Waals surface area contributed by atoms with E-state index in [2.05, 4.69) is 10.3 Å². The second-order valence-electron chi connectivity index (χ2n) is 5.63. The van der Waals surface area contributed by atoms with Gasteiger partial charge in [0.1, 0.15) is 0 Å². The third kappa shape index (κ3) is 4.03. The van der Waals surface area contributed by atoms with Gasteiger partial charge < -0.3 is 15.3 Å². The lowest BCUT2D eigenvalue weighted by molar-refractivity contribution is -0.141. The Bertz CT molecular complexity index is 584. The molecule has 1 aliphatic rings. The molecule has 1 aromatic heterocycles. The minimum atomic E-state index is -0.859. The topological polar surface area (TPSA) is 99.6 Å². The number of carbonyl (C=O) groups is 3. The molecule has 2 rings (SSSR count). The number of rotatable bonds is 5. The second kappa shape index (κ2) is 6.87.